The summed E-state index contributed by atoms with van der Waals surface area (Å²) in [6, 6.07) is 9.68. The van der Waals surface area contributed by atoms with Crippen LogP contribution in [-0.2, 0) is 6.54 Å². The van der Waals surface area contributed by atoms with Gasteiger partial charge in [-0.2, -0.15) is 0 Å². The zero-order chi connectivity index (χ0) is 11.5. The molecule has 1 N–H and O–H groups in total. The Balaban J connectivity index is 2.31. The van der Waals surface area contributed by atoms with E-state index in [2.05, 4.69) is 21.2 Å². The highest BCUT2D eigenvalue weighted by molar-refractivity contribution is 9.10. The third-order valence-electron chi connectivity index (χ3n) is 2.22. The molecule has 2 nitrogen and oxygen atoms in total. The Labute approximate surface area is 108 Å². The quantitative estimate of drug-likeness (QED) is 0.924. The lowest BCUT2D eigenvalue weighted by Gasteiger charge is -2.00. The van der Waals surface area contributed by atoms with Gasteiger partial charge in [0.1, 0.15) is 11.5 Å². The highest BCUT2D eigenvalue weighted by Crippen LogP contribution is 2.29. The van der Waals surface area contributed by atoms with E-state index in [1.54, 1.807) is 0 Å². The lowest BCUT2D eigenvalue weighted by molar-refractivity contribution is 0.507. The summed E-state index contributed by atoms with van der Waals surface area (Å²) in [5.41, 5.74) is 0.982. The van der Waals surface area contributed by atoms with Crippen molar-refractivity contribution in [2.45, 2.75) is 6.54 Å². The Morgan fingerprint density at radius 2 is 2.12 bits per heavy atom. The van der Waals surface area contributed by atoms with Crippen molar-refractivity contribution in [2.24, 2.45) is 0 Å². The maximum Gasteiger partial charge on any atom is 0.134 e. The molecule has 2 rings (SSSR count). The van der Waals surface area contributed by atoms with Gasteiger partial charge in [-0.15, -0.1) is 0 Å². The van der Waals surface area contributed by atoms with Crippen molar-refractivity contribution in [3.05, 3.63) is 45.6 Å². The van der Waals surface area contributed by atoms with E-state index in [1.807, 2.05) is 37.4 Å². The molecule has 1 aromatic heterocycles. The second-order valence-electron chi connectivity index (χ2n) is 3.43. The van der Waals surface area contributed by atoms with Crippen molar-refractivity contribution >= 4 is 27.5 Å². The molecule has 0 aliphatic carbocycles. The van der Waals surface area contributed by atoms with Crippen molar-refractivity contribution in [3.8, 4) is 11.3 Å². The monoisotopic (exact) mass is 299 g/mol. The Bertz CT molecular complexity index is 496. The van der Waals surface area contributed by atoms with E-state index in [9.17, 15) is 0 Å². The van der Waals surface area contributed by atoms with E-state index in [0.29, 0.717) is 5.02 Å². The molecule has 0 unspecified atom stereocenters. The molecule has 1 aromatic carbocycles. The van der Waals surface area contributed by atoms with Gasteiger partial charge in [0, 0.05) is 10.0 Å². The van der Waals surface area contributed by atoms with Crippen LogP contribution in [0.5, 0.6) is 0 Å². The molecule has 0 saturated heterocycles. The summed E-state index contributed by atoms with van der Waals surface area (Å²) in [6.07, 6.45) is 0. The van der Waals surface area contributed by atoms with Gasteiger partial charge < -0.3 is 9.73 Å². The molecular weight excluding hydrogens is 289 g/mol. The van der Waals surface area contributed by atoms with Crippen molar-refractivity contribution in [2.75, 3.05) is 7.05 Å². The molecule has 0 atom stereocenters. The van der Waals surface area contributed by atoms with Gasteiger partial charge in [0.25, 0.3) is 0 Å². The average Bonchev–Trinajstić information content (AvgIpc) is 2.71. The number of benzene rings is 1. The van der Waals surface area contributed by atoms with E-state index in [-0.39, 0.29) is 0 Å². The van der Waals surface area contributed by atoms with E-state index in [0.717, 1.165) is 28.1 Å². The topological polar surface area (TPSA) is 25.2 Å². The van der Waals surface area contributed by atoms with Crippen LogP contribution in [-0.4, -0.2) is 7.05 Å². The molecule has 0 saturated carbocycles. The lowest BCUT2D eigenvalue weighted by Crippen LogP contribution is -2.03. The molecular formula is C12H11BrClNO. The predicted octanol–water partition coefficient (Wildman–Crippen LogP) is 4.08. The van der Waals surface area contributed by atoms with Gasteiger partial charge in [0.05, 0.1) is 11.6 Å². The zero-order valence-electron chi connectivity index (χ0n) is 8.76. The second-order valence-corrected chi connectivity index (χ2v) is 4.69. The van der Waals surface area contributed by atoms with Crippen molar-refractivity contribution in [1.29, 1.82) is 0 Å². The molecule has 1 heterocycles. The fourth-order valence-electron chi connectivity index (χ4n) is 1.45. The first-order chi connectivity index (χ1) is 7.70. The Morgan fingerprint density at radius 3 is 2.81 bits per heavy atom. The van der Waals surface area contributed by atoms with E-state index < -0.39 is 0 Å². The number of hydrogen-bond acceptors (Lipinski definition) is 2. The summed E-state index contributed by atoms with van der Waals surface area (Å²) in [4.78, 5) is 0. The van der Waals surface area contributed by atoms with Gasteiger partial charge in [0.2, 0.25) is 0 Å². The minimum Gasteiger partial charge on any atom is -0.460 e. The summed E-state index contributed by atoms with van der Waals surface area (Å²) in [5, 5.41) is 3.73. The largest absolute Gasteiger partial charge is 0.460 e. The molecule has 0 amide bonds. The summed E-state index contributed by atoms with van der Waals surface area (Å²) < 4.78 is 6.56. The second kappa shape index (κ2) is 5.04. The van der Waals surface area contributed by atoms with E-state index in [4.69, 9.17) is 16.0 Å². The van der Waals surface area contributed by atoms with Crippen LogP contribution < -0.4 is 5.32 Å². The minimum absolute atomic E-state index is 0.684. The smallest absolute Gasteiger partial charge is 0.134 e. The maximum absolute atomic E-state index is 6.03. The first-order valence-corrected chi connectivity index (χ1v) is 6.06. The third-order valence-corrected chi connectivity index (χ3v) is 3.45. The number of furan rings is 1. The molecule has 4 heteroatoms. The molecule has 2 aromatic rings. The summed E-state index contributed by atoms with van der Waals surface area (Å²) in [6.45, 7) is 0.726. The van der Waals surface area contributed by atoms with E-state index >= 15 is 0 Å². The number of rotatable bonds is 3. The minimum atomic E-state index is 0.684. The first-order valence-electron chi connectivity index (χ1n) is 4.89. The van der Waals surface area contributed by atoms with Crippen LogP contribution in [0.15, 0.2) is 39.2 Å². The SMILES string of the molecule is CNCc1ccc(-c2ccc(Br)c(Cl)c2)o1. The average molecular weight is 301 g/mol. The molecule has 0 spiro atoms. The Morgan fingerprint density at radius 1 is 1.31 bits per heavy atom. The van der Waals surface area contributed by atoms with Crippen molar-refractivity contribution in [1.82, 2.24) is 5.32 Å². The van der Waals surface area contributed by atoms with Gasteiger partial charge in [-0.05, 0) is 47.2 Å². The van der Waals surface area contributed by atoms with Crippen LogP contribution in [0.1, 0.15) is 5.76 Å². The van der Waals surface area contributed by atoms with Gasteiger partial charge in [-0.3, -0.25) is 0 Å². The molecule has 0 aliphatic heterocycles. The lowest BCUT2D eigenvalue weighted by atomic mass is 10.2. The standard InChI is InChI=1S/C12H11BrClNO/c1-15-7-9-3-5-12(16-9)8-2-4-10(13)11(14)6-8/h2-6,15H,7H2,1H3. The molecule has 0 aliphatic rings. The van der Waals surface area contributed by atoms with Gasteiger partial charge >= 0.3 is 0 Å². The number of halogens is 2. The number of hydrogen-bond donors (Lipinski definition) is 1. The third kappa shape index (κ3) is 2.48. The van der Waals surface area contributed by atoms with Gasteiger partial charge in [0.15, 0.2) is 0 Å². The van der Waals surface area contributed by atoms with Crippen LogP contribution >= 0.6 is 27.5 Å². The fraction of sp³-hybridized carbons (Fsp3) is 0.167. The zero-order valence-corrected chi connectivity index (χ0v) is 11.1. The van der Waals surface area contributed by atoms with Crippen LogP contribution in [0.4, 0.5) is 0 Å². The highest BCUT2D eigenvalue weighted by atomic mass is 79.9. The van der Waals surface area contributed by atoms with Crippen LogP contribution in [0, 0.1) is 0 Å². The molecule has 0 fully saturated rings. The molecule has 0 bridgehead atoms. The van der Waals surface area contributed by atoms with Gasteiger partial charge in [-0.1, -0.05) is 17.7 Å². The van der Waals surface area contributed by atoms with Crippen LogP contribution in [0.2, 0.25) is 5.02 Å². The maximum atomic E-state index is 6.03. The Kier molecular flexibility index (Phi) is 3.69. The normalized spacial score (nSPS) is 10.7. The van der Waals surface area contributed by atoms with Crippen LogP contribution in [0.25, 0.3) is 11.3 Å². The predicted molar refractivity (Wildman–Crippen MR) is 69.6 cm³/mol. The molecule has 84 valence electrons. The summed E-state index contributed by atoms with van der Waals surface area (Å²) >= 11 is 9.39. The molecule has 16 heavy (non-hydrogen) atoms. The fourth-order valence-corrected chi connectivity index (χ4v) is 1.88. The Hall–Kier alpha value is -0.770. The first kappa shape index (κ1) is 11.7. The number of nitrogens with one attached hydrogen (secondary N) is 1. The highest BCUT2D eigenvalue weighted by Gasteiger charge is 2.06. The van der Waals surface area contributed by atoms with Crippen molar-refractivity contribution < 1.29 is 4.42 Å². The molecule has 0 radical (unpaired) electrons. The van der Waals surface area contributed by atoms with Crippen molar-refractivity contribution in [3.63, 3.8) is 0 Å². The summed E-state index contributed by atoms with van der Waals surface area (Å²) in [5.74, 6) is 1.75. The summed E-state index contributed by atoms with van der Waals surface area (Å²) in [7, 11) is 1.89. The van der Waals surface area contributed by atoms with E-state index in [1.165, 1.54) is 0 Å². The van der Waals surface area contributed by atoms with Gasteiger partial charge in [-0.25, -0.2) is 0 Å². The van der Waals surface area contributed by atoms with Crippen LogP contribution in [0.3, 0.4) is 0 Å².